The average Bonchev–Trinajstić information content (AvgIpc) is 3.02. The summed E-state index contributed by atoms with van der Waals surface area (Å²) in [5, 5.41) is 3.38. The third-order valence-electron chi connectivity index (χ3n) is 5.31. The zero-order valence-corrected chi connectivity index (χ0v) is 15.9. The maximum absolute atomic E-state index is 4.73. The summed E-state index contributed by atoms with van der Waals surface area (Å²) in [6.07, 6.45) is 2.05. The van der Waals surface area contributed by atoms with Crippen LogP contribution in [0.3, 0.4) is 0 Å². The van der Waals surface area contributed by atoms with Crippen LogP contribution in [-0.2, 0) is 7.05 Å². The molecular weight excluding hydrogens is 310 g/mol. The van der Waals surface area contributed by atoms with E-state index < -0.39 is 0 Å². The first kappa shape index (κ1) is 18.1. The highest BCUT2D eigenvalue weighted by Gasteiger charge is 2.28. The number of nitrogens with one attached hydrogen (secondary N) is 1. The van der Waals surface area contributed by atoms with Gasteiger partial charge in [0.1, 0.15) is 5.82 Å². The molecular formula is C20H31N5. The second-order valence-corrected chi connectivity index (χ2v) is 7.17. The fraction of sp³-hybridized carbons (Fsp3) is 0.550. The first-order chi connectivity index (χ1) is 12.1. The molecule has 0 aliphatic carbocycles. The summed E-state index contributed by atoms with van der Waals surface area (Å²) in [5.41, 5.74) is 2.45. The van der Waals surface area contributed by atoms with Gasteiger partial charge in [0.25, 0.3) is 0 Å². The number of benzene rings is 1. The molecule has 1 aromatic heterocycles. The van der Waals surface area contributed by atoms with Crippen molar-refractivity contribution in [1.29, 1.82) is 0 Å². The zero-order chi connectivity index (χ0) is 17.8. The number of piperazine rings is 1. The van der Waals surface area contributed by atoms with E-state index in [2.05, 4.69) is 71.0 Å². The lowest BCUT2D eigenvalue weighted by atomic mass is 10.1. The highest BCUT2D eigenvalue weighted by molar-refractivity contribution is 5.55. The Morgan fingerprint density at radius 1 is 1.04 bits per heavy atom. The van der Waals surface area contributed by atoms with Gasteiger partial charge in [-0.1, -0.05) is 30.3 Å². The summed E-state index contributed by atoms with van der Waals surface area (Å²) in [5.74, 6) is 1.04. The van der Waals surface area contributed by atoms with Gasteiger partial charge in [-0.25, -0.2) is 4.98 Å². The number of nitrogens with zero attached hydrogens (tertiary/aromatic N) is 4. The van der Waals surface area contributed by atoms with Crippen LogP contribution in [0.5, 0.6) is 0 Å². The van der Waals surface area contributed by atoms with E-state index in [1.54, 1.807) is 0 Å². The average molecular weight is 342 g/mol. The second kappa shape index (κ2) is 8.13. The number of likely N-dealkylation sites (N-methyl/N-ethyl adjacent to an activating group) is 1. The van der Waals surface area contributed by atoms with Crippen LogP contribution in [0.25, 0.3) is 11.4 Å². The Morgan fingerprint density at radius 3 is 2.28 bits per heavy atom. The van der Waals surface area contributed by atoms with Crippen LogP contribution in [0.15, 0.2) is 36.5 Å². The van der Waals surface area contributed by atoms with Crippen LogP contribution in [0.2, 0.25) is 0 Å². The van der Waals surface area contributed by atoms with Gasteiger partial charge in [0.15, 0.2) is 0 Å². The van der Waals surface area contributed by atoms with Gasteiger partial charge >= 0.3 is 0 Å². The standard InChI is InChI=1S/C20H31N5/c1-16(2)24-10-12-25(13-11-24)19(14-21-3)18-15-22-20(23(18)4)17-8-6-5-7-9-17/h5-9,15-16,19,21H,10-14H2,1-4H3. The van der Waals surface area contributed by atoms with Crippen LogP contribution in [0, 0.1) is 0 Å². The van der Waals surface area contributed by atoms with Crippen molar-refractivity contribution in [3.05, 3.63) is 42.2 Å². The molecule has 1 unspecified atom stereocenters. The van der Waals surface area contributed by atoms with Gasteiger partial charge < -0.3 is 9.88 Å². The number of hydrogen-bond acceptors (Lipinski definition) is 4. The molecule has 0 saturated carbocycles. The van der Waals surface area contributed by atoms with E-state index in [0.717, 1.165) is 38.5 Å². The van der Waals surface area contributed by atoms with Gasteiger partial charge in [-0.2, -0.15) is 0 Å². The summed E-state index contributed by atoms with van der Waals surface area (Å²) >= 11 is 0. The van der Waals surface area contributed by atoms with Crippen molar-refractivity contribution >= 4 is 0 Å². The molecule has 25 heavy (non-hydrogen) atoms. The monoisotopic (exact) mass is 341 g/mol. The van der Waals surface area contributed by atoms with Crippen LogP contribution in [-0.4, -0.2) is 65.2 Å². The van der Waals surface area contributed by atoms with Crippen molar-refractivity contribution in [2.45, 2.75) is 25.9 Å². The Kier molecular flexibility index (Phi) is 5.89. The molecule has 0 radical (unpaired) electrons. The molecule has 1 atom stereocenters. The lowest BCUT2D eigenvalue weighted by molar-refractivity contribution is 0.0758. The van der Waals surface area contributed by atoms with Gasteiger partial charge in [0.2, 0.25) is 0 Å². The molecule has 136 valence electrons. The van der Waals surface area contributed by atoms with Crippen LogP contribution < -0.4 is 5.32 Å². The Bertz CT molecular complexity index is 656. The van der Waals surface area contributed by atoms with E-state index in [0.29, 0.717) is 12.1 Å². The minimum Gasteiger partial charge on any atom is -0.330 e. The molecule has 2 heterocycles. The van der Waals surface area contributed by atoms with Crippen LogP contribution in [0.4, 0.5) is 0 Å². The molecule has 5 nitrogen and oxygen atoms in total. The highest BCUT2D eigenvalue weighted by Crippen LogP contribution is 2.26. The van der Waals surface area contributed by atoms with Crippen LogP contribution in [0.1, 0.15) is 25.6 Å². The molecule has 3 rings (SSSR count). The lowest BCUT2D eigenvalue weighted by Gasteiger charge is -2.40. The predicted molar refractivity (Wildman–Crippen MR) is 104 cm³/mol. The summed E-state index contributed by atoms with van der Waals surface area (Å²) < 4.78 is 2.26. The largest absolute Gasteiger partial charge is 0.330 e. The van der Waals surface area contributed by atoms with E-state index in [1.165, 1.54) is 11.3 Å². The fourth-order valence-corrected chi connectivity index (χ4v) is 3.77. The first-order valence-corrected chi connectivity index (χ1v) is 9.31. The van der Waals surface area contributed by atoms with Gasteiger partial charge in [-0.15, -0.1) is 0 Å². The number of rotatable bonds is 6. The molecule has 1 aliphatic rings. The predicted octanol–water partition coefficient (Wildman–Crippen LogP) is 2.37. The van der Waals surface area contributed by atoms with Gasteiger partial charge in [0.05, 0.1) is 17.9 Å². The Morgan fingerprint density at radius 2 is 1.68 bits per heavy atom. The molecule has 0 spiro atoms. The quantitative estimate of drug-likeness (QED) is 0.875. The van der Waals surface area contributed by atoms with Gasteiger partial charge in [0, 0.05) is 51.4 Å². The van der Waals surface area contributed by atoms with Crippen molar-refractivity contribution in [3.63, 3.8) is 0 Å². The molecule has 1 N–H and O–H groups in total. The van der Waals surface area contributed by atoms with Gasteiger partial charge in [-0.3, -0.25) is 9.80 Å². The maximum atomic E-state index is 4.73. The van der Waals surface area contributed by atoms with E-state index in [1.807, 2.05) is 13.1 Å². The van der Waals surface area contributed by atoms with Gasteiger partial charge in [-0.05, 0) is 20.9 Å². The first-order valence-electron chi connectivity index (χ1n) is 9.31. The normalized spacial score (nSPS) is 18.0. The minimum absolute atomic E-state index is 0.356. The molecule has 0 bridgehead atoms. The third-order valence-corrected chi connectivity index (χ3v) is 5.31. The van der Waals surface area contributed by atoms with E-state index in [9.17, 15) is 0 Å². The van der Waals surface area contributed by atoms with E-state index in [-0.39, 0.29) is 0 Å². The Balaban J connectivity index is 1.81. The second-order valence-electron chi connectivity index (χ2n) is 7.17. The summed E-state index contributed by atoms with van der Waals surface area (Å²) in [7, 11) is 4.17. The van der Waals surface area contributed by atoms with Crippen molar-refractivity contribution in [2.75, 3.05) is 39.8 Å². The molecule has 1 aromatic carbocycles. The van der Waals surface area contributed by atoms with Crippen molar-refractivity contribution in [2.24, 2.45) is 7.05 Å². The minimum atomic E-state index is 0.356. The molecule has 0 amide bonds. The highest BCUT2D eigenvalue weighted by atomic mass is 15.3. The molecule has 1 fully saturated rings. The van der Waals surface area contributed by atoms with E-state index in [4.69, 9.17) is 4.98 Å². The lowest BCUT2D eigenvalue weighted by Crippen LogP contribution is -2.51. The third kappa shape index (κ3) is 3.94. The van der Waals surface area contributed by atoms with Crippen molar-refractivity contribution in [3.8, 4) is 11.4 Å². The summed E-state index contributed by atoms with van der Waals surface area (Å²) in [6.45, 7) is 10.0. The molecule has 1 saturated heterocycles. The summed E-state index contributed by atoms with van der Waals surface area (Å²) in [4.78, 5) is 9.88. The topological polar surface area (TPSA) is 36.3 Å². The maximum Gasteiger partial charge on any atom is 0.139 e. The van der Waals surface area contributed by atoms with Crippen molar-refractivity contribution < 1.29 is 0 Å². The summed E-state index contributed by atoms with van der Waals surface area (Å²) in [6, 6.07) is 11.4. The Labute approximate surface area is 151 Å². The van der Waals surface area contributed by atoms with Crippen LogP contribution >= 0.6 is 0 Å². The molecule has 2 aromatic rings. The number of aromatic nitrogens is 2. The fourth-order valence-electron chi connectivity index (χ4n) is 3.77. The molecule has 5 heteroatoms. The van der Waals surface area contributed by atoms with E-state index >= 15 is 0 Å². The Hall–Kier alpha value is -1.69. The smallest absolute Gasteiger partial charge is 0.139 e. The SMILES string of the molecule is CNCC(c1cnc(-c2ccccc2)n1C)N1CCN(C(C)C)CC1. The number of hydrogen-bond donors (Lipinski definition) is 1. The molecule has 1 aliphatic heterocycles. The zero-order valence-electron chi connectivity index (χ0n) is 15.9. The number of imidazole rings is 1. The van der Waals surface area contributed by atoms with Crippen molar-refractivity contribution in [1.82, 2.24) is 24.7 Å².